The number of benzene rings is 1. The fourth-order valence-electron chi connectivity index (χ4n) is 2.24. The van der Waals surface area contributed by atoms with Gasteiger partial charge in [-0.25, -0.2) is 4.79 Å². The summed E-state index contributed by atoms with van der Waals surface area (Å²) in [7, 11) is 0. The lowest BCUT2D eigenvalue weighted by molar-refractivity contribution is -0.136. The first-order valence-corrected chi connectivity index (χ1v) is 6.77. The molecule has 0 aromatic heterocycles. The molecule has 0 unspecified atom stereocenters. The van der Waals surface area contributed by atoms with Crippen molar-refractivity contribution >= 4 is 17.7 Å². The fraction of sp³-hybridized carbons (Fsp3) is 0.467. The lowest BCUT2D eigenvalue weighted by atomic mass is 9.99. The van der Waals surface area contributed by atoms with E-state index in [1.165, 1.54) is 0 Å². The number of carbonyl (C=O) groups excluding carboxylic acids is 1. The summed E-state index contributed by atoms with van der Waals surface area (Å²) in [4.78, 5) is 22.5. The number of amides is 2. The highest BCUT2D eigenvalue weighted by atomic mass is 16.4. The molecule has 0 saturated heterocycles. The SMILES string of the molecule is CC(C)(NC(=O)Nc1ccc(CC(=O)O)cc1)C1CC1. The van der Waals surface area contributed by atoms with E-state index in [0.29, 0.717) is 17.2 Å². The van der Waals surface area contributed by atoms with Crippen molar-refractivity contribution in [1.82, 2.24) is 5.32 Å². The number of carboxylic acids is 1. The molecule has 2 amide bonds. The first-order chi connectivity index (χ1) is 9.37. The van der Waals surface area contributed by atoms with Gasteiger partial charge in [0, 0.05) is 11.2 Å². The standard InChI is InChI=1S/C15H20N2O3/c1-15(2,11-5-6-11)17-14(20)16-12-7-3-10(4-8-12)9-13(18)19/h3-4,7-8,11H,5-6,9H2,1-2H3,(H,18,19)(H2,16,17,20). The third-order valence-corrected chi connectivity index (χ3v) is 3.60. The molecule has 0 spiro atoms. The summed E-state index contributed by atoms with van der Waals surface area (Å²) in [5.41, 5.74) is 1.18. The van der Waals surface area contributed by atoms with Crippen molar-refractivity contribution in [2.45, 2.75) is 38.6 Å². The first-order valence-electron chi connectivity index (χ1n) is 6.77. The molecule has 1 fully saturated rings. The zero-order chi connectivity index (χ0) is 14.8. The number of anilines is 1. The smallest absolute Gasteiger partial charge is 0.319 e. The summed E-state index contributed by atoms with van der Waals surface area (Å²) in [5.74, 6) is -0.305. The molecule has 108 valence electrons. The molecule has 1 saturated carbocycles. The minimum atomic E-state index is -0.866. The maximum Gasteiger partial charge on any atom is 0.319 e. The molecule has 5 heteroatoms. The molecule has 0 heterocycles. The summed E-state index contributed by atoms with van der Waals surface area (Å²) in [6, 6.07) is 6.60. The lowest BCUT2D eigenvalue weighted by Gasteiger charge is -2.26. The molecule has 3 N–H and O–H groups in total. The van der Waals surface area contributed by atoms with Gasteiger partial charge in [-0.1, -0.05) is 12.1 Å². The van der Waals surface area contributed by atoms with E-state index in [-0.39, 0.29) is 18.0 Å². The highest BCUT2D eigenvalue weighted by Gasteiger charge is 2.38. The maximum atomic E-state index is 11.9. The number of carboxylic acid groups (broad SMARTS) is 1. The van der Waals surface area contributed by atoms with E-state index in [9.17, 15) is 9.59 Å². The van der Waals surface area contributed by atoms with E-state index in [4.69, 9.17) is 5.11 Å². The normalized spacial score (nSPS) is 14.7. The maximum absolute atomic E-state index is 11.9. The van der Waals surface area contributed by atoms with Gasteiger partial charge in [0.15, 0.2) is 0 Å². The number of nitrogens with one attached hydrogen (secondary N) is 2. The summed E-state index contributed by atoms with van der Waals surface area (Å²) in [5, 5.41) is 14.4. The quantitative estimate of drug-likeness (QED) is 0.773. The Labute approximate surface area is 118 Å². The van der Waals surface area contributed by atoms with Gasteiger partial charge in [-0.3, -0.25) is 4.79 Å². The molecular weight excluding hydrogens is 256 g/mol. The number of carbonyl (C=O) groups is 2. The van der Waals surface area contributed by atoms with E-state index in [1.807, 2.05) is 13.8 Å². The van der Waals surface area contributed by atoms with Gasteiger partial charge in [0.1, 0.15) is 0 Å². The van der Waals surface area contributed by atoms with Crippen molar-refractivity contribution in [3.63, 3.8) is 0 Å². The van der Waals surface area contributed by atoms with Crippen LogP contribution in [0.2, 0.25) is 0 Å². The van der Waals surface area contributed by atoms with E-state index >= 15 is 0 Å². The molecule has 1 aliphatic carbocycles. The van der Waals surface area contributed by atoms with Crippen LogP contribution in [0.15, 0.2) is 24.3 Å². The Balaban J connectivity index is 1.89. The van der Waals surface area contributed by atoms with Crippen LogP contribution in [-0.2, 0) is 11.2 Å². The Kier molecular flexibility index (Phi) is 3.97. The Bertz CT molecular complexity index is 504. The summed E-state index contributed by atoms with van der Waals surface area (Å²) in [6.45, 7) is 4.06. The second kappa shape index (κ2) is 5.53. The van der Waals surface area contributed by atoms with Crippen LogP contribution in [0.5, 0.6) is 0 Å². The predicted molar refractivity (Wildman–Crippen MR) is 76.7 cm³/mol. The minimum absolute atomic E-state index is 0.0127. The van der Waals surface area contributed by atoms with Crippen LogP contribution in [0.1, 0.15) is 32.3 Å². The zero-order valence-corrected chi connectivity index (χ0v) is 11.8. The number of rotatable bonds is 5. The van der Waals surface area contributed by atoms with Crippen molar-refractivity contribution in [3.8, 4) is 0 Å². The van der Waals surface area contributed by atoms with E-state index < -0.39 is 5.97 Å². The van der Waals surface area contributed by atoms with Gasteiger partial charge < -0.3 is 15.7 Å². The van der Waals surface area contributed by atoms with Gasteiger partial charge in [0.25, 0.3) is 0 Å². The average molecular weight is 276 g/mol. The molecule has 20 heavy (non-hydrogen) atoms. The van der Waals surface area contributed by atoms with Crippen molar-refractivity contribution in [3.05, 3.63) is 29.8 Å². The third kappa shape index (κ3) is 3.98. The summed E-state index contributed by atoms with van der Waals surface area (Å²) in [6.07, 6.45) is 2.31. The Hall–Kier alpha value is -2.04. The van der Waals surface area contributed by atoms with Gasteiger partial charge in [-0.15, -0.1) is 0 Å². The first kappa shape index (κ1) is 14.4. The number of urea groups is 1. The van der Waals surface area contributed by atoms with E-state index in [0.717, 1.165) is 12.8 Å². The monoisotopic (exact) mass is 276 g/mol. The Morgan fingerprint density at radius 3 is 2.35 bits per heavy atom. The van der Waals surface area contributed by atoms with E-state index in [2.05, 4.69) is 10.6 Å². The molecule has 0 bridgehead atoms. The Morgan fingerprint density at radius 2 is 1.85 bits per heavy atom. The van der Waals surface area contributed by atoms with Crippen molar-refractivity contribution < 1.29 is 14.7 Å². The Morgan fingerprint density at radius 1 is 1.25 bits per heavy atom. The van der Waals surface area contributed by atoms with Crippen LogP contribution >= 0.6 is 0 Å². The molecule has 2 rings (SSSR count). The van der Waals surface area contributed by atoms with Crippen molar-refractivity contribution in [2.24, 2.45) is 5.92 Å². The van der Waals surface area contributed by atoms with Crippen molar-refractivity contribution in [1.29, 1.82) is 0 Å². The molecule has 0 aliphatic heterocycles. The molecule has 1 aromatic carbocycles. The average Bonchev–Trinajstić information content (AvgIpc) is 3.14. The van der Waals surface area contributed by atoms with Gasteiger partial charge >= 0.3 is 12.0 Å². The minimum Gasteiger partial charge on any atom is -0.481 e. The number of hydrogen-bond acceptors (Lipinski definition) is 2. The predicted octanol–water partition coefficient (Wildman–Crippen LogP) is 2.62. The second-order valence-electron chi connectivity index (χ2n) is 5.84. The molecule has 1 aliphatic rings. The van der Waals surface area contributed by atoms with Crippen LogP contribution in [0.4, 0.5) is 10.5 Å². The van der Waals surface area contributed by atoms with Gasteiger partial charge in [-0.2, -0.15) is 0 Å². The molecule has 5 nitrogen and oxygen atoms in total. The third-order valence-electron chi connectivity index (χ3n) is 3.60. The molecular formula is C15H20N2O3. The van der Waals surface area contributed by atoms with Crippen LogP contribution in [-0.4, -0.2) is 22.6 Å². The van der Waals surface area contributed by atoms with Gasteiger partial charge in [-0.05, 0) is 50.3 Å². The molecule has 1 aromatic rings. The van der Waals surface area contributed by atoms with Crippen LogP contribution in [0.25, 0.3) is 0 Å². The van der Waals surface area contributed by atoms with Gasteiger partial charge in [0.05, 0.1) is 6.42 Å². The number of aliphatic carboxylic acids is 1. The molecule has 0 atom stereocenters. The largest absolute Gasteiger partial charge is 0.481 e. The highest BCUT2D eigenvalue weighted by molar-refractivity contribution is 5.89. The van der Waals surface area contributed by atoms with Crippen LogP contribution in [0, 0.1) is 5.92 Å². The summed E-state index contributed by atoms with van der Waals surface area (Å²) < 4.78 is 0. The fourth-order valence-corrected chi connectivity index (χ4v) is 2.24. The second-order valence-corrected chi connectivity index (χ2v) is 5.84. The van der Waals surface area contributed by atoms with Gasteiger partial charge in [0.2, 0.25) is 0 Å². The molecule has 0 radical (unpaired) electrons. The van der Waals surface area contributed by atoms with Crippen LogP contribution < -0.4 is 10.6 Å². The topological polar surface area (TPSA) is 78.4 Å². The lowest BCUT2D eigenvalue weighted by Crippen LogP contribution is -2.47. The van der Waals surface area contributed by atoms with Crippen LogP contribution in [0.3, 0.4) is 0 Å². The van der Waals surface area contributed by atoms with E-state index in [1.54, 1.807) is 24.3 Å². The van der Waals surface area contributed by atoms with Crippen molar-refractivity contribution in [2.75, 3.05) is 5.32 Å². The number of hydrogen-bond donors (Lipinski definition) is 3. The summed E-state index contributed by atoms with van der Waals surface area (Å²) >= 11 is 0. The zero-order valence-electron chi connectivity index (χ0n) is 11.8. The highest BCUT2D eigenvalue weighted by Crippen LogP contribution is 2.39.